The monoisotopic (exact) mass is 226 g/mol. The zero-order valence-corrected chi connectivity index (χ0v) is 8.97. The molecule has 4 heteroatoms. The molecule has 0 amide bonds. The molecule has 1 aromatic carbocycles. The molecule has 0 unspecified atom stereocenters. The predicted octanol–water partition coefficient (Wildman–Crippen LogP) is 2.42. The molecule has 0 atom stereocenters. The van der Waals surface area contributed by atoms with Crippen LogP contribution in [0.5, 0.6) is 0 Å². The molecule has 0 saturated heterocycles. The molecule has 0 N–H and O–H groups in total. The molecule has 3 rings (SSSR count). The van der Waals surface area contributed by atoms with E-state index < -0.39 is 0 Å². The number of benzene rings is 1. The SMILES string of the molecule is Fc1ccccc1Cn1n[c]c2cccnc21. The minimum atomic E-state index is -0.230. The number of halogens is 1. The summed E-state index contributed by atoms with van der Waals surface area (Å²) in [7, 11) is 0. The fraction of sp³-hybridized carbons (Fsp3) is 0.0769. The first-order valence-electron chi connectivity index (χ1n) is 5.27. The largest absolute Gasteiger partial charge is 0.242 e. The second-order valence-corrected chi connectivity index (χ2v) is 3.74. The van der Waals surface area contributed by atoms with E-state index in [1.54, 1.807) is 29.1 Å². The molecule has 3 nitrogen and oxygen atoms in total. The van der Waals surface area contributed by atoms with Gasteiger partial charge in [0.2, 0.25) is 0 Å². The number of pyridine rings is 1. The van der Waals surface area contributed by atoms with Gasteiger partial charge in [-0.2, -0.15) is 5.10 Å². The van der Waals surface area contributed by atoms with Gasteiger partial charge in [-0.25, -0.2) is 14.1 Å². The topological polar surface area (TPSA) is 30.7 Å². The lowest BCUT2D eigenvalue weighted by molar-refractivity contribution is 0.589. The highest BCUT2D eigenvalue weighted by atomic mass is 19.1. The van der Waals surface area contributed by atoms with Crippen molar-refractivity contribution in [3.8, 4) is 0 Å². The second kappa shape index (κ2) is 3.97. The van der Waals surface area contributed by atoms with Crippen molar-refractivity contribution in [3.63, 3.8) is 0 Å². The van der Waals surface area contributed by atoms with Crippen LogP contribution >= 0.6 is 0 Å². The Kier molecular flexibility index (Phi) is 2.33. The van der Waals surface area contributed by atoms with E-state index in [1.165, 1.54) is 6.07 Å². The molecule has 1 radical (unpaired) electrons. The third kappa shape index (κ3) is 1.78. The summed E-state index contributed by atoms with van der Waals surface area (Å²) in [5.74, 6) is -0.230. The summed E-state index contributed by atoms with van der Waals surface area (Å²) < 4.78 is 15.2. The van der Waals surface area contributed by atoms with E-state index in [4.69, 9.17) is 0 Å². The van der Waals surface area contributed by atoms with Crippen LogP contribution in [0.3, 0.4) is 0 Å². The van der Waals surface area contributed by atoms with Gasteiger partial charge >= 0.3 is 0 Å². The summed E-state index contributed by atoms with van der Waals surface area (Å²) in [5, 5.41) is 4.93. The quantitative estimate of drug-likeness (QED) is 0.671. The molecule has 2 aromatic heterocycles. The van der Waals surface area contributed by atoms with Crippen LogP contribution in [0.25, 0.3) is 11.0 Å². The Morgan fingerprint density at radius 3 is 2.94 bits per heavy atom. The first kappa shape index (κ1) is 9.96. The van der Waals surface area contributed by atoms with Crippen LogP contribution in [0.2, 0.25) is 0 Å². The van der Waals surface area contributed by atoms with E-state index in [-0.39, 0.29) is 5.82 Å². The molecule has 0 saturated carbocycles. The fourth-order valence-corrected chi connectivity index (χ4v) is 1.75. The summed E-state index contributed by atoms with van der Waals surface area (Å²) in [6, 6.07) is 10.4. The van der Waals surface area contributed by atoms with Gasteiger partial charge in [-0.1, -0.05) is 18.2 Å². The molecule has 83 valence electrons. The summed E-state index contributed by atoms with van der Waals surface area (Å²) in [6.07, 6.45) is 4.55. The van der Waals surface area contributed by atoms with Crippen LogP contribution in [0, 0.1) is 12.0 Å². The standard InChI is InChI=1S/C13H9FN3/c14-12-6-2-1-4-11(12)9-17-13-10(8-16-17)5-3-7-15-13/h1-7H,9H2. The van der Waals surface area contributed by atoms with Gasteiger partial charge in [-0.15, -0.1) is 0 Å². The first-order chi connectivity index (χ1) is 8.34. The molecule has 0 aliphatic heterocycles. The third-order valence-corrected chi connectivity index (χ3v) is 2.60. The number of hydrogen-bond donors (Lipinski definition) is 0. The Balaban J connectivity index is 2.03. The minimum Gasteiger partial charge on any atom is -0.242 e. The maximum Gasteiger partial charge on any atom is 0.158 e. The molecule has 2 heterocycles. The maximum atomic E-state index is 13.5. The number of rotatable bonds is 2. The molecular formula is C13H9FN3. The highest BCUT2D eigenvalue weighted by Gasteiger charge is 2.06. The van der Waals surface area contributed by atoms with Crippen LogP contribution in [-0.2, 0) is 6.54 Å². The Hall–Kier alpha value is -2.23. The van der Waals surface area contributed by atoms with Crippen LogP contribution in [0.15, 0.2) is 42.6 Å². The van der Waals surface area contributed by atoms with Gasteiger partial charge in [-0.3, -0.25) is 0 Å². The molecular weight excluding hydrogens is 217 g/mol. The maximum absolute atomic E-state index is 13.5. The fourth-order valence-electron chi connectivity index (χ4n) is 1.75. The third-order valence-electron chi connectivity index (χ3n) is 2.60. The van der Waals surface area contributed by atoms with E-state index in [0.717, 1.165) is 11.0 Å². The summed E-state index contributed by atoms with van der Waals surface area (Å²) in [6.45, 7) is 0.365. The van der Waals surface area contributed by atoms with Gasteiger partial charge in [0.1, 0.15) is 12.0 Å². The molecule has 0 aliphatic rings. The lowest BCUT2D eigenvalue weighted by atomic mass is 10.2. The van der Waals surface area contributed by atoms with Crippen molar-refractivity contribution in [1.82, 2.24) is 14.8 Å². The van der Waals surface area contributed by atoms with E-state index in [2.05, 4.69) is 16.3 Å². The van der Waals surface area contributed by atoms with Gasteiger partial charge < -0.3 is 0 Å². The van der Waals surface area contributed by atoms with Crippen molar-refractivity contribution < 1.29 is 4.39 Å². The van der Waals surface area contributed by atoms with Crippen LogP contribution in [0.4, 0.5) is 4.39 Å². The summed E-state index contributed by atoms with van der Waals surface area (Å²) in [4.78, 5) is 4.21. The average molecular weight is 226 g/mol. The van der Waals surface area contributed by atoms with Gasteiger partial charge in [0.25, 0.3) is 0 Å². The summed E-state index contributed by atoms with van der Waals surface area (Å²) in [5.41, 5.74) is 1.31. The molecule has 0 spiro atoms. The number of aromatic nitrogens is 3. The Morgan fingerprint density at radius 1 is 1.18 bits per heavy atom. The van der Waals surface area contributed by atoms with E-state index in [0.29, 0.717) is 12.1 Å². The van der Waals surface area contributed by atoms with Crippen LogP contribution in [0.1, 0.15) is 5.56 Å². The van der Waals surface area contributed by atoms with Crippen molar-refractivity contribution >= 4 is 11.0 Å². The average Bonchev–Trinajstić information content (AvgIpc) is 2.76. The lowest BCUT2D eigenvalue weighted by Crippen LogP contribution is -2.04. The molecule has 17 heavy (non-hydrogen) atoms. The van der Waals surface area contributed by atoms with Crippen molar-refractivity contribution in [2.45, 2.75) is 6.54 Å². The predicted molar refractivity (Wildman–Crippen MR) is 61.9 cm³/mol. The van der Waals surface area contributed by atoms with Gasteiger partial charge in [-0.05, 0) is 18.2 Å². The van der Waals surface area contributed by atoms with Crippen LogP contribution in [-0.4, -0.2) is 14.8 Å². The van der Waals surface area contributed by atoms with Crippen LogP contribution < -0.4 is 0 Å². The Bertz CT molecular complexity index is 660. The molecule has 0 fully saturated rings. The molecule has 0 aliphatic carbocycles. The molecule has 3 aromatic rings. The minimum absolute atomic E-state index is 0.230. The number of nitrogens with zero attached hydrogens (tertiary/aromatic N) is 3. The van der Waals surface area contributed by atoms with Gasteiger partial charge in [0.05, 0.1) is 6.54 Å². The van der Waals surface area contributed by atoms with Gasteiger partial charge in [0.15, 0.2) is 5.65 Å². The lowest BCUT2D eigenvalue weighted by Gasteiger charge is -2.03. The van der Waals surface area contributed by atoms with Crippen molar-refractivity contribution in [3.05, 3.63) is 60.2 Å². The first-order valence-corrected chi connectivity index (χ1v) is 5.27. The zero-order chi connectivity index (χ0) is 11.7. The molecule has 0 bridgehead atoms. The highest BCUT2D eigenvalue weighted by molar-refractivity contribution is 5.73. The van der Waals surface area contributed by atoms with Crippen molar-refractivity contribution in [2.75, 3.05) is 0 Å². The Labute approximate surface area is 97.5 Å². The Morgan fingerprint density at radius 2 is 2.06 bits per heavy atom. The number of hydrogen-bond acceptors (Lipinski definition) is 2. The zero-order valence-electron chi connectivity index (χ0n) is 8.97. The second-order valence-electron chi connectivity index (χ2n) is 3.74. The van der Waals surface area contributed by atoms with E-state index >= 15 is 0 Å². The highest BCUT2D eigenvalue weighted by Crippen LogP contribution is 2.13. The van der Waals surface area contributed by atoms with E-state index in [9.17, 15) is 4.39 Å². The number of fused-ring (bicyclic) bond motifs is 1. The van der Waals surface area contributed by atoms with Crippen molar-refractivity contribution in [2.24, 2.45) is 0 Å². The van der Waals surface area contributed by atoms with Gasteiger partial charge in [0, 0.05) is 17.1 Å². The van der Waals surface area contributed by atoms with Crippen molar-refractivity contribution in [1.29, 1.82) is 0 Å². The van der Waals surface area contributed by atoms with E-state index in [1.807, 2.05) is 12.1 Å². The normalized spacial score (nSPS) is 10.9. The smallest absolute Gasteiger partial charge is 0.158 e. The summed E-state index contributed by atoms with van der Waals surface area (Å²) >= 11 is 0.